The highest BCUT2D eigenvalue weighted by Gasteiger charge is 2.25. The Kier molecular flexibility index (Phi) is 6.53. The maximum absolute atomic E-state index is 12.2. The SMILES string of the molecule is COCc1c([N+](=O)[O-])c(/C=C/c2ccc(-c3ccc(C(=O)O)c(Cl)c3)o2)[nH]c(=O)c1C#N. The summed E-state index contributed by atoms with van der Waals surface area (Å²) in [5.41, 5.74) is -1.40. The van der Waals surface area contributed by atoms with Crippen LogP contribution in [-0.4, -0.2) is 28.1 Å². The van der Waals surface area contributed by atoms with E-state index in [4.69, 9.17) is 25.9 Å². The zero-order valence-corrected chi connectivity index (χ0v) is 17.2. The van der Waals surface area contributed by atoms with Crippen molar-refractivity contribution in [2.45, 2.75) is 6.61 Å². The largest absolute Gasteiger partial charge is 0.478 e. The molecule has 3 aromatic rings. The highest BCUT2D eigenvalue weighted by Crippen LogP contribution is 2.29. The molecule has 2 N–H and O–H groups in total. The number of ether oxygens (including phenoxy) is 1. The molecule has 0 unspecified atom stereocenters. The summed E-state index contributed by atoms with van der Waals surface area (Å²) < 4.78 is 10.6. The van der Waals surface area contributed by atoms with Crippen LogP contribution in [0.25, 0.3) is 23.5 Å². The Labute approximate surface area is 185 Å². The van der Waals surface area contributed by atoms with Crippen molar-refractivity contribution < 1.29 is 24.0 Å². The molecule has 0 saturated heterocycles. The normalized spacial score (nSPS) is 10.9. The summed E-state index contributed by atoms with van der Waals surface area (Å²) in [6, 6.07) is 9.17. The summed E-state index contributed by atoms with van der Waals surface area (Å²) in [5, 5.41) is 29.9. The minimum absolute atomic E-state index is 0.0416. The van der Waals surface area contributed by atoms with Gasteiger partial charge in [-0.15, -0.1) is 0 Å². The predicted octanol–water partition coefficient (Wildman–Crippen LogP) is 4.08. The number of aromatic nitrogens is 1. The summed E-state index contributed by atoms with van der Waals surface area (Å²) in [4.78, 5) is 36.5. The smallest absolute Gasteiger partial charge is 0.337 e. The maximum atomic E-state index is 12.2. The van der Waals surface area contributed by atoms with E-state index in [-0.39, 0.29) is 28.5 Å². The Morgan fingerprint density at radius 2 is 2.12 bits per heavy atom. The fourth-order valence-corrected chi connectivity index (χ4v) is 3.26. The first-order valence-corrected chi connectivity index (χ1v) is 9.28. The Morgan fingerprint density at radius 1 is 1.38 bits per heavy atom. The van der Waals surface area contributed by atoms with Crippen LogP contribution in [0.1, 0.15) is 32.9 Å². The van der Waals surface area contributed by atoms with Gasteiger partial charge in [0.25, 0.3) is 11.2 Å². The maximum Gasteiger partial charge on any atom is 0.337 e. The van der Waals surface area contributed by atoms with Crippen LogP contribution in [0.3, 0.4) is 0 Å². The second-order valence-corrected chi connectivity index (χ2v) is 6.81. The van der Waals surface area contributed by atoms with E-state index >= 15 is 0 Å². The van der Waals surface area contributed by atoms with E-state index in [9.17, 15) is 25.0 Å². The molecular formula is C21H14ClN3O7. The Morgan fingerprint density at radius 3 is 2.72 bits per heavy atom. The van der Waals surface area contributed by atoms with E-state index in [1.54, 1.807) is 18.2 Å². The molecular weight excluding hydrogens is 442 g/mol. The molecule has 0 bridgehead atoms. The molecule has 0 aliphatic carbocycles. The molecule has 0 saturated carbocycles. The molecule has 3 rings (SSSR count). The van der Waals surface area contributed by atoms with Crippen molar-refractivity contribution in [3.8, 4) is 17.4 Å². The zero-order chi connectivity index (χ0) is 23.4. The van der Waals surface area contributed by atoms with Gasteiger partial charge in [0.05, 0.1) is 27.7 Å². The van der Waals surface area contributed by atoms with Crippen LogP contribution < -0.4 is 5.56 Å². The number of hydrogen-bond acceptors (Lipinski definition) is 7. The van der Waals surface area contributed by atoms with E-state index in [0.29, 0.717) is 17.1 Å². The molecule has 32 heavy (non-hydrogen) atoms. The lowest BCUT2D eigenvalue weighted by Crippen LogP contribution is -2.18. The predicted molar refractivity (Wildman–Crippen MR) is 114 cm³/mol. The first kappa shape index (κ1) is 22.5. The number of carbonyl (C=O) groups is 1. The summed E-state index contributed by atoms with van der Waals surface area (Å²) in [6.07, 6.45) is 2.68. The average molecular weight is 456 g/mol. The lowest BCUT2D eigenvalue weighted by Gasteiger charge is -2.06. The van der Waals surface area contributed by atoms with Crippen LogP contribution in [0.4, 0.5) is 5.69 Å². The van der Waals surface area contributed by atoms with Crippen molar-refractivity contribution in [3.63, 3.8) is 0 Å². The lowest BCUT2D eigenvalue weighted by atomic mass is 10.1. The van der Waals surface area contributed by atoms with Gasteiger partial charge in [-0.3, -0.25) is 14.9 Å². The third-order valence-electron chi connectivity index (χ3n) is 4.43. The number of nitriles is 1. The number of carboxylic acid groups (broad SMARTS) is 1. The molecule has 1 aromatic carbocycles. The molecule has 0 radical (unpaired) electrons. The number of hydrogen-bond donors (Lipinski definition) is 2. The van der Waals surface area contributed by atoms with Crippen molar-refractivity contribution in [1.82, 2.24) is 4.98 Å². The average Bonchev–Trinajstić information content (AvgIpc) is 3.21. The van der Waals surface area contributed by atoms with Crippen molar-refractivity contribution >= 4 is 35.4 Å². The number of methoxy groups -OCH3 is 1. The highest BCUT2D eigenvalue weighted by molar-refractivity contribution is 6.33. The number of rotatable bonds is 7. The van der Waals surface area contributed by atoms with Crippen LogP contribution >= 0.6 is 11.6 Å². The van der Waals surface area contributed by atoms with Crippen molar-refractivity contribution in [3.05, 3.63) is 84.0 Å². The number of H-pyrrole nitrogens is 1. The zero-order valence-electron chi connectivity index (χ0n) is 16.4. The first-order valence-electron chi connectivity index (χ1n) is 8.90. The van der Waals surface area contributed by atoms with Gasteiger partial charge in [-0.1, -0.05) is 17.7 Å². The van der Waals surface area contributed by atoms with Gasteiger partial charge in [0.15, 0.2) is 0 Å². The molecule has 11 heteroatoms. The summed E-state index contributed by atoms with van der Waals surface area (Å²) >= 11 is 5.98. The first-order chi connectivity index (χ1) is 15.3. The second kappa shape index (κ2) is 9.30. The van der Waals surface area contributed by atoms with Gasteiger partial charge >= 0.3 is 5.97 Å². The number of pyridine rings is 1. The quantitative estimate of drug-likeness (QED) is 0.398. The lowest BCUT2D eigenvalue weighted by molar-refractivity contribution is -0.386. The fourth-order valence-electron chi connectivity index (χ4n) is 3.00. The van der Waals surface area contributed by atoms with Crippen LogP contribution in [0.5, 0.6) is 0 Å². The highest BCUT2D eigenvalue weighted by atomic mass is 35.5. The molecule has 2 aromatic heterocycles. The van der Waals surface area contributed by atoms with E-state index in [2.05, 4.69) is 4.98 Å². The van der Waals surface area contributed by atoms with Crippen molar-refractivity contribution in [1.29, 1.82) is 5.26 Å². The number of nitrogens with one attached hydrogen (secondary N) is 1. The van der Waals surface area contributed by atoms with Crippen molar-refractivity contribution in [2.75, 3.05) is 7.11 Å². The van der Waals surface area contributed by atoms with E-state index in [1.807, 2.05) is 0 Å². The molecule has 0 aliphatic heterocycles. The van der Waals surface area contributed by atoms with Gasteiger partial charge in [-0.25, -0.2) is 4.79 Å². The van der Waals surface area contributed by atoms with E-state index < -0.39 is 27.7 Å². The number of nitrogens with zero attached hydrogens (tertiary/aromatic N) is 2. The van der Waals surface area contributed by atoms with Crippen molar-refractivity contribution in [2.24, 2.45) is 0 Å². The van der Waals surface area contributed by atoms with Crippen LogP contribution in [0.2, 0.25) is 5.02 Å². The molecule has 162 valence electrons. The topological polar surface area (TPSA) is 159 Å². The third-order valence-corrected chi connectivity index (χ3v) is 4.74. The molecule has 10 nitrogen and oxygen atoms in total. The molecule has 0 aliphatic rings. The Hall–Kier alpha value is -4.20. The van der Waals surface area contributed by atoms with Crippen LogP contribution in [0.15, 0.2) is 39.5 Å². The van der Waals surface area contributed by atoms with Gasteiger partial charge in [-0.2, -0.15) is 5.26 Å². The van der Waals surface area contributed by atoms with Gasteiger partial charge < -0.3 is 19.2 Å². The molecule has 0 fully saturated rings. The second-order valence-electron chi connectivity index (χ2n) is 6.41. The monoisotopic (exact) mass is 455 g/mol. The van der Waals surface area contributed by atoms with Gasteiger partial charge in [0.1, 0.15) is 28.8 Å². The number of nitro groups is 1. The Balaban J connectivity index is 1.99. The molecule has 0 atom stereocenters. The number of furan rings is 1. The summed E-state index contributed by atoms with van der Waals surface area (Å²) in [6.45, 7) is -0.290. The molecule has 0 spiro atoms. The third kappa shape index (κ3) is 4.44. The number of aromatic carboxylic acids is 1. The number of carboxylic acids is 1. The van der Waals surface area contributed by atoms with E-state index in [0.717, 1.165) is 0 Å². The van der Waals surface area contributed by atoms with Gasteiger partial charge in [0.2, 0.25) is 0 Å². The van der Waals surface area contributed by atoms with Crippen LogP contribution in [0, 0.1) is 21.4 Å². The number of aromatic amines is 1. The minimum Gasteiger partial charge on any atom is -0.478 e. The number of halogens is 1. The summed E-state index contributed by atoms with van der Waals surface area (Å²) in [5.74, 6) is -0.479. The molecule has 2 heterocycles. The van der Waals surface area contributed by atoms with Crippen LogP contribution in [-0.2, 0) is 11.3 Å². The number of benzene rings is 1. The van der Waals surface area contributed by atoms with Gasteiger partial charge in [0, 0.05) is 12.7 Å². The Bertz CT molecular complexity index is 1350. The fraction of sp³-hybridized carbons (Fsp3) is 0.0952. The standard InChI is InChI=1S/C21H14ClN3O7/c1-31-10-15-14(9-23)20(26)24-17(19(15)25(29)30)6-3-12-4-7-18(32-12)11-2-5-13(21(27)28)16(22)8-11/h2-8H,10H2,1H3,(H,24,26)(H,27,28)/b6-3+. The van der Waals surface area contributed by atoms with E-state index in [1.165, 1.54) is 37.5 Å². The van der Waals surface area contributed by atoms with Gasteiger partial charge in [-0.05, 0) is 36.4 Å². The molecule has 0 amide bonds. The summed E-state index contributed by atoms with van der Waals surface area (Å²) in [7, 11) is 1.29. The minimum atomic E-state index is -1.16.